The average molecular weight is 316 g/mol. The van der Waals surface area contributed by atoms with E-state index in [1.54, 1.807) is 4.90 Å². The van der Waals surface area contributed by atoms with Crippen molar-refractivity contribution in [3.8, 4) is 0 Å². The molecule has 5 heteroatoms. The van der Waals surface area contributed by atoms with E-state index >= 15 is 0 Å². The van der Waals surface area contributed by atoms with Crippen molar-refractivity contribution in [3.05, 3.63) is 34.1 Å². The van der Waals surface area contributed by atoms with Crippen molar-refractivity contribution in [2.24, 2.45) is 0 Å². The topological polar surface area (TPSA) is 40.5 Å². The molecule has 1 aliphatic carbocycles. The lowest BCUT2D eigenvalue weighted by atomic mass is 9.91. The monoisotopic (exact) mass is 315 g/mol. The highest BCUT2D eigenvalue weighted by atomic mass is 79.9. The van der Waals surface area contributed by atoms with Gasteiger partial charge in [-0.1, -0.05) is 0 Å². The Morgan fingerprint density at radius 3 is 2.72 bits per heavy atom. The van der Waals surface area contributed by atoms with E-state index in [4.69, 9.17) is 5.11 Å². The maximum absolute atomic E-state index is 13.0. The van der Waals surface area contributed by atoms with E-state index in [1.807, 2.05) is 0 Å². The zero-order chi connectivity index (χ0) is 13.1. The summed E-state index contributed by atoms with van der Waals surface area (Å²) in [5.41, 5.74) is 0.441. The summed E-state index contributed by atoms with van der Waals surface area (Å²) >= 11 is 3.21. The first kappa shape index (κ1) is 13.5. The van der Waals surface area contributed by atoms with Crippen LogP contribution in [0.5, 0.6) is 0 Å². The quantitative estimate of drug-likeness (QED) is 0.927. The Kier molecular flexibility index (Phi) is 4.35. The van der Waals surface area contributed by atoms with Gasteiger partial charge >= 0.3 is 0 Å². The Bertz CT molecular complexity index is 449. The SMILES string of the molecule is O=C(c1ccc(F)cc1Br)N(CCO)C1CCC1. The number of carbonyl (C=O) groups excluding carboxylic acids is 1. The number of nitrogens with zero attached hydrogens (tertiary/aromatic N) is 1. The molecule has 0 atom stereocenters. The summed E-state index contributed by atoms with van der Waals surface area (Å²) in [6.07, 6.45) is 3.07. The molecule has 0 radical (unpaired) electrons. The second kappa shape index (κ2) is 5.80. The molecule has 1 amide bonds. The van der Waals surface area contributed by atoms with Crippen LogP contribution in [0.3, 0.4) is 0 Å². The first-order chi connectivity index (χ1) is 8.63. The molecule has 3 nitrogen and oxygen atoms in total. The van der Waals surface area contributed by atoms with Crippen LogP contribution in [0, 0.1) is 5.82 Å². The zero-order valence-electron chi connectivity index (χ0n) is 9.90. The molecule has 1 fully saturated rings. The Hall–Kier alpha value is -0.940. The van der Waals surface area contributed by atoms with Gasteiger partial charge < -0.3 is 10.0 Å². The van der Waals surface area contributed by atoms with Crippen molar-refractivity contribution >= 4 is 21.8 Å². The number of rotatable bonds is 4. The third kappa shape index (κ3) is 2.72. The Morgan fingerprint density at radius 1 is 1.50 bits per heavy atom. The molecule has 0 unspecified atom stereocenters. The van der Waals surface area contributed by atoms with Crippen LogP contribution >= 0.6 is 15.9 Å². The number of amides is 1. The minimum absolute atomic E-state index is 0.0545. The maximum Gasteiger partial charge on any atom is 0.255 e. The zero-order valence-corrected chi connectivity index (χ0v) is 11.5. The van der Waals surface area contributed by atoms with Crippen molar-refractivity contribution < 1.29 is 14.3 Å². The lowest BCUT2D eigenvalue weighted by Gasteiger charge is -2.37. The molecule has 1 aliphatic rings. The Morgan fingerprint density at radius 2 is 2.22 bits per heavy atom. The summed E-state index contributed by atoms with van der Waals surface area (Å²) in [4.78, 5) is 14.0. The van der Waals surface area contributed by atoms with Crippen molar-refractivity contribution in [2.75, 3.05) is 13.2 Å². The fourth-order valence-corrected chi connectivity index (χ4v) is 2.59. The van der Waals surface area contributed by atoms with Gasteiger partial charge in [-0.15, -0.1) is 0 Å². The predicted octanol–water partition coefficient (Wildman–Crippen LogP) is 2.58. The highest BCUT2D eigenvalue weighted by molar-refractivity contribution is 9.10. The number of hydrogen-bond donors (Lipinski definition) is 1. The van der Waals surface area contributed by atoms with Gasteiger partial charge in [-0.2, -0.15) is 0 Å². The molecule has 18 heavy (non-hydrogen) atoms. The summed E-state index contributed by atoms with van der Waals surface area (Å²) in [6, 6.07) is 4.24. The van der Waals surface area contributed by atoms with Crippen LogP contribution in [0.15, 0.2) is 22.7 Å². The largest absolute Gasteiger partial charge is 0.395 e. The fraction of sp³-hybridized carbons (Fsp3) is 0.462. The smallest absolute Gasteiger partial charge is 0.255 e. The minimum atomic E-state index is -0.379. The second-order valence-electron chi connectivity index (χ2n) is 4.43. The van der Waals surface area contributed by atoms with Crippen LogP contribution in [-0.4, -0.2) is 35.1 Å². The van der Waals surface area contributed by atoms with Crippen LogP contribution < -0.4 is 0 Å². The molecule has 0 spiro atoms. The third-order valence-corrected chi connectivity index (χ3v) is 3.93. The molecular formula is C13H15BrFNO2. The number of benzene rings is 1. The van der Waals surface area contributed by atoms with Crippen LogP contribution in [-0.2, 0) is 0 Å². The fourth-order valence-electron chi connectivity index (χ4n) is 2.07. The molecule has 0 bridgehead atoms. The number of aliphatic hydroxyl groups excluding tert-OH is 1. The van der Waals surface area contributed by atoms with E-state index in [0.29, 0.717) is 16.6 Å². The molecule has 0 aliphatic heterocycles. The van der Waals surface area contributed by atoms with Crippen LogP contribution in [0.1, 0.15) is 29.6 Å². The highest BCUT2D eigenvalue weighted by Gasteiger charge is 2.29. The van der Waals surface area contributed by atoms with E-state index in [2.05, 4.69) is 15.9 Å². The van der Waals surface area contributed by atoms with Crippen LogP contribution in [0.4, 0.5) is 4.39 Å². The maximum atomic E-state index is 13.0. The number of aliphatic hydroxyl groups is 1. The van der Waals surface area contributed by atoms with Gasteiger partial charge in [0.15, 0.2) is 0 Å². The van der Waals surface area contributed by atoms with Crippen molar-refractivity contribution in [1.29, 1.82) is 0 Å². The number of hydrogen-bond acceptors (Lipinski definition) is 2. The van der Waals surface area contributed by atoms with Gasteiger partial charge in [-0.05, 0) is 53.4 Å². The van der Waals surface area contributed by atoms with Gasteiger partial charge in [-0.3, -0.25) is 4.79 Å². The average Bonchev–Trinajstić information content (AvgIpc) is 2.25. The van der Waals surface area contributed by atoms with Crippen molar-refractivity contribution in [2.45, 2.75) is 25.3 Å². The summed E-state index contributed by atoms with van der Waals surface area (Å²) in [7, 11) is 0. The van der Waals surface area contributed by atoms with Crippen LogP contribution in [0.25, 0.3) is 0 Å². The van der Waals surface area contributed by atoms with E-state index < -0.39 is 0 Å². The summed E-state index contributed by atoms with van der Waals surface area (Å²) in [5.74, 6) is -0.531. The van der Waals surface area contributed by atoms with Crippen molar-refractivity contribution in [1.82, 2.24) is 4.90 Å². The molecule has 98 valence electrons. The first-order valence-electron chi connectivity index (χ1n) is 6.00. The molecular weight excluding hydrogens is 301 g/mol. The van der Waals surface area contributed by atoms with E-state index in [0.717, 1.165) is 19.3 Å². The second-order valence-corrected chi connectivity index (χ2v) is 5.29. The molecule has 0 heterocycles. The van der Waals surface area contributed by atoms with E-state index in [-0.39, 0.29) is 24.4 Å². The predicted molar refractivity (Wildman–Crippen MR) is 69.9 cm³/mol. The van der Waals surface area contributed by atoms with Gasteiger partial charge in [0.25, 0.3) is 5.91 Å². The minimum Gasteiger partial charge on any atom is -0.395 e. The normalized spacial score (nSPS) is 15.3. The van der Waals surface area contributed by atoms with Gasteiger partial charge in [-0.25, -0.2) is 4.39 Å². The third-order valence-electron chi connectivity index (χ3n) is 3.28. The lowest BCUT2D eigenvalue weighted by Crippen LogP contribution is -2.45. The van der Waals surface area contributed by atoms with Crippen LogP contribution in [0.2, 0.25) is 0 Å². The summed E-state index contributed by atoms with van der Waals surface area (Å²) in [5, 5.41) is 9.05. The summed E-state index contributed by atoms with van der Waals surface area (Å²) < 4.78 is 13.5. The van der Waals surface area contributed by atoms with Gasteiger partial charge in [0.1, 0.15) is 5.82 Å². The molecule has 2 rings (SSSR count). The van der Waals surface area contributed by atoms with Gasteiger partial charge in [0, 0.05) is 17.1 Å². The van der Waals surface area contributed by atoms with E-state index in [1.165, 1.54) is 18.2 Å². The molecule has 1 aromatic carbocycles. The number of carbonyl (C=O) groups is 1. The standard InChI is InChI=1S/C13H15BrFNO2/c14-12-8-9(15)4-5-11(12)13(18)16(6-7-17)10-2-1-3-10/h4-5,8,10,17H,1-3,6-7H2. The molecule has 1 saturated carbocycles. The molecule has 0 saturated heterocycles. The van der Waals surface area contributed by atoms with Gasteiger partial charge in [0.2, 0.25) is 0 Å². The van der Waals surface area contributed by atoms with Crippen molar-refractivity contribution in [3.63, 3.8) is 0 Å². The first-order valence-corrected chi connectivity index (χ1v) is 6.79. The molecule has 1 N–H and O–H groups in total. The lowest BCUT2D eigenvalue weighted by molar-refractivity contribution is 0.0525. The van der Waals surface area contributed by atoms with Gasteiger partial charge in [0.05, 0.1) is 12.2 Å². The number of halogens is 2. The molecule has 0 aromatic heterocycles. The Labute approximate surface area is 114 Å². The van der Waals surface area contributed by atoms with E-state index in [9.17, 15) is 9.18 Å². The highest BCUT2D eigenvalue weighted by Crippen LogP contribution is 2.28. The summed E-state index contributed by atoms with van der Waals surface area (Å²) in [6.45, 7) is 0.272. The molecule has 1 aromatic rings. The Balaban J connectivity index is 2.21.